The zero-order chi connectivity index (χ0) is 21.9. The molecule has 7 bridgehead atoms. The molecule has 5 aliphatic carbocycles. The number of likely N-dealkylation sites (tertiary alicyclic amines) is 1. The van der Waals surface area contributed by atoms with Gasteiger partial charge in [-0.3, -0.25) is 4.90 Å². The Kier molecular flexibility index (Phi) is 4.56. The molecule has 6 aliphatic rings. The van der Waals surface area contributed by atoms with Crippen LogP contribution in [0.3, 0.4) is 0 Å². The number of nitrogens with zero attached hydrogens (tertiary/aromatic N) is 1. The SMILES string of the molecule is CCN1C[C@]2(COC)CCC(O)C34C5CC6C(O)C5[C@](O)(C[C@@H]6OC)C(C(OC)C32)C14. The van der Waals surface area contributed by atoms with Crippen LogP contribution in [0.25, 0.3) is 0 Å². The minimum absolute atomic E-state index is 0.0248. The van der Waals surface area contributed by atoms with Crippen molar-refractivity contribution in [2.75, 3.05) is 41.0 Å². The number of methoxy groups -OCH3 is 3. The monoisotopic (exact) mass is 437 g/mol. The first-order chi connectivity index (χ1) is 14.9. The molecule has 13 atom stereocenters. The molecule has 176 valence electrons. The number of hydrogen-bond donors (Lipinski definition) is 3. The average Bonchev–Trinajstić information content (AvgIpc) is 3.16. The van der Waals surface area contributed by atoms with Gasteiger partial charge in [0, 0.05) is 74.8 Å². The number of aliphatic hydroxyl groups is 3. The van der Waals surface area contributed by atoms with Crippen LogP contribution < -0.4 is 0 Å². The van der Waals surface area contributed by atoms with E-state index in [0.29, 0.717) is 13.0 Å². The fourth-order valence-electron chi connectivity index (χ4n) is 10.7. The molecule has 1 aliphatic heterocycles. The van der Waals surface area contributed by atoms with Gasteiger partial charge in [-0.15, -0.1) is 0 Å². The molecular weight excluding hydrogens is 398 g/mol. The van der Waals surface area contributed by atoms with Crippen molar-refractivity contribution in [2.24, 2.45) is 40.4 Å². The summed E-state index contributed by atoms with van der Waals surface area (Å²) in [5.41, 5.74) is -1.54. The molecule has 1 saturated heterocycles. The molecule has 0 amide bonds. The summed E-state index contributed by atoms with van der Waals surface area (Å²) in [7, 11) is 5.24. The van der Waals surface area contributed by atoms with Gasteiger partial charge in [-0.25, -0.2) is 0 Å². The Labute approximate surface area is 185 Å². The van der Waals surface area contributed by atoms with Gasteiger partial charge in [0.05, 0.1) is 36.6 Å². The van der Waals surface area contributed by atoms with Crippen molar-refractivity contribution < 1.29 is 29.5 Å². The summed E-state index contributed by atoms with van der Waals surface area (Å²) < 4.78 is 18.0. The van der Waals surface area contributed by atoms with Crippen LogP contribution in [0, 0.1) is 40.4 Å². The van der Waals surface area contributed by atoms with Crippen molar-refractivity contribution >= 4 is 0 Å². The molecule has 0 aromatic rings. The maximum atomic E-state index is 12.5. The third kappa shape index (κ3) is 2.12. The van der Waals surface area contributed by atoms with Crippen molar-refractivity contribution in [3.8, 4) is 0 Å². The summed E-state index contributed by atoms with van der Waals surface area (Å²) in [6.45, 7) is 4.63. The first-order valence-electron chi connectivity index (χ1n) is 12.2. The Hall–Kier alpha value is -0.280. The molecule has 1 heterocycles. The predicted molar refractivity (Wildman–Crippen MR) is 112 cm³/mol. The number of fused-ring (bicyclic) bond motifs is 2. The van der Waals surface area contributed by atoms with E-state index >= 15 is 0 Å². The molecule has 0 aromatic carbocycles. The van der Waals surface area contributed by atoms with Gasteiger partial charge >= 0.3 is 0 Å². The molecule has 1 spiro atoms. The van der Waals surface area contributed by atoms with Crippen molar-refractivity contribution in [1.82, 2.24) is 4.90 Å². The lowest BCUT2D eigenvalue weighted by Crippen LogP contribution is -2.76. The minimum atomic E-state index is -1.05. The average molecular weight is 438 g/mol. The van der Waals surface area contributed by atoms with Crippen LogP contribution in [0.1, 0.15) is 32.6 Å². The maximum absolute atomic E-state index is 12.5. The van der Waals surface area contributed by atoms with E-state index in [2.05, 4.69) is 11.8 Å². The summed E-state index contributed by atoms with van der Waals surface area (Å²) in [5.74, 6) is -0.168. The third-order valence-electron chi connectivity index (χ3n) is 11.1. The number of hydrogen-bond acceptors (Lipinski definition) is 7. The Morgan fingerprint density at radius 1 is 1.10 bits per heavy atom. The lowest BCUT2D eigenvalue weighted by Gasteiger charge is -2.68. The first kappa shape index (κ1) is 21.3. The Morgan fingerprint density at radius 2 is 1.87 bits per heavy atom. The highest BCUT2D eigenvalue weighted by molar-refractivity contribution is 5.35. The van der Waals surface area contributed by atoms with Crippen molar-refractivity contribution in [2.45, 2.75) is 68.7 Å². The van der Waals surface area contributed by atoms with Crippen LogP contribution in [0.5, 0.6) is 0 Å². The summed E-state index contributed by atoms with van der Waals surface area (Å²) in [6, 6.07) is 0.0561. The Morgan fingerprint density at radius 3 is 2.52 bits per heavy atom. The molecule has 7 nitrogen and oxygen atoms in total. The van der Waals surface area contributed by atoms with Crippen LogP contribution in [0.4, 0.5) is 0 Å². The second-order valence-electron chi connectivity index (χ2n) is 11.6. The number of rotatable bonds is 5. The van der Waals surface area contributed by atoms with E-state index in [-0.39, 0.29) is 58.7 Å². The second-order valence-corrected chi connectivity index (χ2v) is 11.6. The standard InChI is InChI=1S/C24H39NO6/c1-5-25-10-22(11-29-2)7-6-15(26)24-13-8-12-14(30-3)9-23(28,16(13)18(12)27)17(21(24)25)19(31-4)20(22)24/h12-21,26-28H,5-11H2,1-4H3/t12?,13?,14-,15?,16?,17?,18?,19?,20?,21?,22-,23+,24?/m0/s1. The molecule has 10 unspecified atom stereocenters. The van der Waals surface area contributed by atoms with E-state index in [9.17, 15) is 15.3 Å². The van der Waals surface area contributed by atoms with Gasteiger partial charge in [-0.05, 0) is 31.7 Å². The van der Waals surface area contributed by atoms with Crippen LogP contribution >= 0.6 is 0 Å². The molecule has 0 radical (unpaired) electrons. The highest BCUT2D eigenvalue weighted by Gasteiger charge is 2.86. The highest BCUT2D eigenvalue weighted by Crippen LogP contribution is 2.79. The quantitative estimate of drug-likeness (QED) is 0.577. The van der Waals surface area contributed by atoms with E-state index in [1.54, 1.807) is 21.3 Å². The molecule has 6 rings (SSSR count). The molecule has 31 heavy (non-hydrogen) atoms. The minimum Gasteiger partial charge on any atom is -0.392 e. The van der Waals surface area contributed by atoms with Gasteiger partial charge in [0.1, 0.15) is 0 Å². The van der Waals surface area contributed by atoms with Gasteiger partial charge in [0.25, 0.3) is 0 Å². The van der Waals surface area contributed by atoms with Crippen LogP contribution in [0.15, 0.2) is 0 Å². The lowest BCUT2D eigenvalue weighted by molar-refractivity contribution is -0.272. The van der Waals surface area contributed by atoms with Crippen molar-refractivity contribution in [1.29, 1.82) is 0 Å². The summed E-state index contributed by atoms with van der Waals surface area (Å²) in [6.07, 6.45) is 1.65. The Bertz CT molecular complexity index is 752. The number of aliphatic hydroxyl groups excluding tert-OH is 2. The summed E-state index contributed by atoms with van der Waals surface area (Å²) in [5, 5.41) is 35.7. The van der Waals surface area contributed by atoms with Crippen LogP contribution in [-0.2, 0) is 14.2 Å². The van der Waals surface area contributed by atoms with E-state index in [0.717, 1.165) is 32.4 Å². The van der Waals surface area contributed by atoms with Crippen molar-refractivity contribution in [3.05, 3.63) is 0 Å². The lowest BCUT2D eigenvalue weighted by atomic mass is 9.43. The van der Waals surface area contributed by atoms with Gasteiger partial charge in [-0.1, -0.05) is 6.92 Å². The molecular formula is C24H39NO6. The van der Waals surface area contributed by atoms with Crippen LogP contribution in [-0.4, -0.2) is 97.3 Å². The van der Waals surface area contributed by atoms with Gasteiger partial charge in [0.2, 0.25) is 0 Å². The zero-order valence-corrected chi connectivity index (χ0v) is 19.2. The number of piperidine rings is 1. The van der Waals surface area contributed by atoms with E-state index in [4.69, 9.17) is 14.2 Å². The second kappa shape index (κ2) is 6.65. The molecule has 5 saturated carbocycles. The fourth-order valence-corrected chi connectivity index (χ4v) is 10.7. The fraction of sp³-hybridized carbons (Fsp3) is 1.00. The van der Waals surface area contributed by atoms with Crippen LogP contribution in [0.2, 0.25) is 0 Å². The molecule has 0 aromatic heterocycles. The maximum Gasteiger partial charge on any atom is 0.0796 e. The van der Waals surface area contributed by atoms with E-state index < -0.39 is 17.8 Å². The molecule has 6 fully saturated rings. The van der Waals surface area contributed by atoms with E-state index in [1.165, 1.54) is 0 Å². The van der Waals surface area contributed by atoms with Gasteiger partial charge in [0.15, 0.2) is 0 Å². The third-order valence-corrected chi connectivity index (χ3v) is 11.1. The van der Waals surface area contributed by atoms with Gasteiger partial charge in [-0.2, -0.15) is 0 Å². The smallest absolute Gasteiger partial charge is 0.0796 e. The molecule has 7 heteroatoms. The normalized spacial score (nSPS) is 61.6. The summed E-state index contributed by atoms with van der Waals surface area (Å²) >= 11 is 0. The van der Waals surface area contributed by atoms with Crippen molar-refractivity contribution in [3.63, 3.8) is 0 Å². The summed E-state index contributed by atoms with van der Waals surface area (Å²) in [4.78, 5) is 2.52. The largest absolute Gasteiger partial charge is 0.392 e. The predicted octanol–water partition coefficient (Wildman–Crippen LogP) is 0.502. The number of ether oxygens (including phenoxy) is 3. The highest BCUT2D eigenvalue weighted by atomic mass is 16.5. The zero-order valence-electron chi connectivity index (χ0n) is 19.2. The first-order valence-corrected chi connectivity index (χ1v) is 12.2. The topological polar surface area (TPSA) is 91.6 Å². The van der Waals surface area contributed by atoms with E-state index in [1.807, 2.05) is 0 Å². The Balaban J connectivity index is 1.62. The molecule has 3 N–H and O–H groups in total. The van der Waals surface area contributed by atoms with Gasteiger partial charge < -0.3 is 29.5 Å².